The SMILES string of the molecule is COc1cc(C)ccc1Oc1ccc(C(=O)c2ccccc2)cc1[N+](=O)[O-]. The van der Waals surface area contributed by atoms with Crippen LogP contribution in [-0.4, -0.2) is 17.8 Å². The Labute approximate surface area is 156 Å². The molecule has 3 aromatic carbocycles. The molecule has 0 spiro atoms. The van der Waals surface area contributed by atoms with Gasteiger partial charge >= 0.3 is 5.69 Å². The van der Waals surface area contributed by atoms with Crippen molar-refractivity contribution in [2.24, 2.45) is 0 Å². The van der Waals surface area contributed by atoms with Crippen molar-refractivity contribution in [1.29, 1.82) is 0 Å². The standard InChI is InChI=1S/C21H17NO5/c1-14-8-10-19(20(12-14)26-2)27-18-11-9-16(13-17(18)22(24)25)21(23)15-6-4-3-5-7-15/h3-13H,1-2H3. The highest BCUT2D eigenvalue weighted by molar-refractivity contribution is 6.09. The number of nitrogens with zero attached hydrogens (tertiary/aromatic N) is 1. The summed E-state index contributed by atoms with van der Waals surface area (Å²) in [6.07, 6.45) is 0. The number of aryl methyl sites for hydroxylation is 1. The van der Waals surface area contributed by atoms with Crippen LogP contribution in [0.3, 0.4) is 0 Å². The van der Waals surface area contributed by atoms with Crippen LogP contribution in [0, 0.1) is 17.0 Å². The number of carbonyl (C=O) groups excluding carboxylic acids is 1. The second-order valence-corrected chi connectivity index (χ2v) is 5.89. The number of nitro benzene ring substituents is 1. The Morgan fingerprint density at radius 2 is 1.59 bits per heavy atom. The first kappa shape index (κ1) is 18.1. The van der Waals surface area contributed by atoms with Crippen LogP contribution < -0.4 is 9.47 Å². The fourth-order valence-electron chi connectivity index (χ4n) is 2.62. The lowest BCUT2D eigenvalue weighted by molar-refractivity contribution is -0.385. The lowest BCUT2D eigenvalue weighted by Crippen LogP contribution is -2.03. The molecule has 6 nitrogen and oxygen atoms in total. The third kappa shape index (κ3) is 3.95. The number of carbonyl (C=O) groups is 1. The van der Waals surface area contributed by atoms with Crippen LogP contribution in [0.15, 0.2) is 66.7 Å². The molecule has 0 radical (unpaired) electrons. The Balaban J connectivity index is 1.98. The molecule has 0 bridgehead atoms. The Hall–Kier alpha value is -3.67. The van der Waals surface area contributed by atoms with Gasteiger partial charge in [-0.15, -0.1) is 0 Å². The number of rotatable bonds is 6. The average Bonchev–Trinajstić information content (AvgIpc) is 2.69. The first-order chi connectivity index (χ1) is 13.0. The van der Waals surface area contributed by atoms with Crippen molar-refractivity contribution in [3.63, 3.8) is 0 Å². The largest absolute Gasteiger partial charge is 0.493 e. The van der Waals surface area contributed by atoms with Gasteiger partial charge in [-0.2, -0.15) is 0 Å². The number of nitro groups is 1. The summed E-state index contributed by atoms with van der Waals surface area (Å²) in [5, 5.41) is 11.5. The van der Waals surface area contributed by atoms with Crippen molar-refractivity contribution in [1.82, 2.24) is 0 Å². The van der Waals surface area contributed by atoms with Crippen LogP contribution >= 0.6 is 0 Å². The van der Waals surface area contributed by atoms with Crippen LogP contribution in [0.1, 0.15) is 21.5 Å². The maximum absolute atomic E-state index is 12.5. The number of ketones is 1. The molecule has 0 amide bonds. The molecule has 0 aliphatic heterocycles. The molecule has 0 N–H and O–H groups in total. The molecular weight excluding hydrogens is 346 g/mol. The van der Waals surface area contributed by atoms with E-state index in [4.69, 9.17) is 9.47 Å². The molecule has 136 valence electrons. The summed E-state index contributed by atoms with van der Waals surface area (Å²) in [5.74, 6) is 0.562. The van der Waals surface area contributed by atoms with Crippen molar-refractivity contribution >= 4 is 11.5 Å². The van der Waals surface area contributed by atoms with Crippen LogP contribution in [0.4, 0.5) is 5.69 Å². The van der Waals surface area contributed by atoms with Crippen LogP contribution in [0.2, 0.25) is 0 Å². The summed E-state index contributed by atoms with van der Waals surface area (Å²) in [5.41, 5.74) is 1.36. The third-order valence-corrected chi connectivity index (χ3v) is 3.99. The van der Waals surface area contributed by atoms with E-state index in [1.165, 1.54) is 25.3 Å². The maximum Gasteiger partial charge on any atom is 0.312 e. The molecular formula is C21H17NO5. The van der Waals surface area contributed by atoms with Crippen molar-refractivity contribution in [2.45, 2.75) is 6.92 Å². The molecule has 0 aliphatic rings. The van der Waals surface area contributed by atoms with Crippen LogP contribution in [0.5, 0.6) is 17.2 Å². The van der Waals surface area contributed by atoms with E-state index >= 15 is 0 Å². The molecule has 0 atom stereocenters. The molecule has 27 heavy (non-hydrogen) atoms. The molecule has 0 heterocycles. The van der Waals surface area contributed by atoms with E-state index in [1.807, 2.05) is 13.0 Å². The second kappa shape index (κ2) is 7.70. The molecule has 0 aromatic heterocycles. The van der Waals surface area contributed by atoms with Gasteiger partial charge in [-0.25, -0.2) is 0 Å². The van der Waals surface area contributed by atoms with Crippen molar-refractivity contribution < 1.29 is 19.2 Å². The highest BCUT2D eigenvalue weighted by Crippen LogP contribution is 2.37. The Morgan fingerprint density at radius 1 is 0.889 bits per heavy atom. The quantitative estimate of drug-likeness (QED) is 0.352. The monoisotopic (exact) mass is 363 g/mol. The number of benzene rings is 3. The number of hydrogen-bond acceptors (Lipinski definition) is 5. The zero-order chi connectivity index (χ0) is 19.4. The minimum atomic E-state index is -0.572. The summed E-state index contributed by atoms with van der Waals surface area (Å²) in [4.78, 5) is 23.5. The first-order valence-electron chi connectivity index (χ1n) is 8.20. The Bertz CT molecular complexity index is 999. The van der Waals surface area contributed by atoms with E-state index < -0.39 is 4.92 Å². The lowest BCUT2D eigenvalue weighted by atomic mass is 10.0. The molecule has 0 unspecified atom stereocenters. The highest BCUT2D eigenvalue weighted by Gasteiger charge is 2.21. The molecule has 0 saturated heterocycles. The van der Waals surface area contributed by atoms with Gasteiger partial charge in [-0.05, 0) is 36.8 Å². The zero-order valence-corrected chi connectivity index (χ0v) is 14.8. The summed E-state index contributed by atoms with van der Waals surface area (Å²) >= 11 is 0. The van der Waals surface area contributed by atoms with Gasteiger partial charge in [0.1, 0.15) is 0 Å². The Kier molecular flexibility index (Phi) is 5.17. The van der Waals surface area contributed by atoms with E-state index in [1.54, 1.807) is 42.5 Å². The highest BCUT2D eigenvalue weighted by atomic mass is 16.6. The molecule has 6 heteroatoms. The molecule has 0 fully saturated rings. The van der Waals surface area contributed by atoms with Crippen molar-refractivity contribution in [2.75, 3.05) is 7.11 Å². The number of hydrogen-bond donors (Lipinski definition) is 0. The van der Waals surface area contributed by atoms with E-state index in [2.05, 4.69) is 0 Å². The van der Waals surface area contributed by atoms with Gasteiger partial charge in [0.2, 0.25) is 5.75 Å². The van der Waals surface area contributed by atoms with Crippen molar-refractivity contribution in [3.05, 3.63) is 93.5 Å². The number of methoxy groups -OCH3 is 1. The molecule has 0 saturated carbocycles. The lowest BCUT2D eigenvalue weighted by Gasteiger charge is -2.11. The average molecular weight is 363 g/mol. The summed E-state index contributed by atoms with van der Waals surface area (Å²) < 4.78 is 11.0. The third-order valence-electron chi connectivity index (χ3n) is 3.99. The topological polar surface area (TPSA) is 78.7 Å². The van der Waals surface area contributed by atoms with Crippen LogP contribution in [0.25, 0.3) is 0 Å². The normalized spacial score (nSPS) is 10.3. The van der Waals surface area contributed by atoms with Gasteiger partial charge in [0.25, 0.3) is 0 Å². The second-order valence-electron chi connectivity index (χ2n) is 5.89. The summed E-state index contributed by atoms with van der Waals surface area (Å²) in [7, 11) is 1.50. The van der Waals surface area contributed by atoms with E-state index in [0.717, 1.165) is 5.56 Å². The van der Waals surface area contributed by atoms with Crippen LogP contribution in [-0.2, 0) is 0 Å². The van der Waals surface area contributed by atoms with Gasteiger partial charge < -0.3 is 9.47 Å². The fraction of sp³-hybridized carbons (Fsp3) is 0.0952. The smallest absolute Gasteiger partial charge is 0.312 e. The maximum atomic E-state index is 12.5. The van der Waals surface area contributed by atoms with Gasteiger partial charge in [-0.1, -0.05) is 36.4 Å². The Morgan fingerprint density at radius 3 is 2.26 bits per heavy atom. The van der Waals surface area contributed by atoms with Crippen molar-refractivity contribution in [3.8, 4) is 17.2 Å². The van der Waals surface area contributed by atoms with E-state index in [9.17, 15) is 14.9 Å². The van der Waals surface area contributed by atoms with Gasteiger partial charge in [0, 0.05) is 17.2 Å². The van der Waals surface area contributed by atoms with E-state index in [-0.39, 0.29) is 22.8 Å². The van der Waals surface area contributed by atoms with E-state index in [0.29, 0.717) is 17.1 Å². The van der Waals surface area contributed by atoms with Gasteiger partial charge in [0.15, 0.2) is 17.3 Å². The predicted molar refractivity (Wildman–Crippen MR) is 101 cm³/mol. The molecule has 3 rings (SSSR count). The summed E-state index contributed by atoms with van der Waals surface area (Å²) in [6.45, 7) is 1.90. The minimum Gasteiger partial charge on any atom is -0.493 e. The van der Waals surface area contributed by atoms with Gasteiger partial charge in [0.05, 0.1) is 12.0 Å². The fourth-order valence-corrected chi connectivity index (χ4v) is 2.62. The first-order valence-corrected chi connectivity index (χ1v) is 8.20. The zero-order valence-electron chi connectivity index (χ0n) is 14.8. The minimum absolute atomic E-state index is 0.0340. The number of ether oxygens (including phenoxy) is 2. The molecule has 3 aromatic rings. The summed E-state index contributed by atoms with van der Waals surface area (Å²) in [6, 6.07) is 18.0. The predicted octanol–water partition coefficient (Wildman–Crippen LogP) is 4.94. The van der Waals surface area contributed by atoms with Gasteiger partial charge in [-0.3, -0.25) is 14.9 Å². The molecule has 0 aliphatic carbocycles.